The molecule has 0 spiro atoms. The van der Waals surface area contributed by atoms with Crippen molar-refractivity contribution in [3.05, 3.63) is 68.5 Å². The van der Waals surface area contributed by atoms with Crippen LogP contribution in [0.4, 0.5) is 0 Å². The van der Waals surface area contributed by atoms with Gasteiger partial charge in [-0.25, -0.2) is 4.79 Å². The van der Waals surface area contributed by atoms with Gasteiger partial charge < -0.3 is 9.30 Å². The molecule has 1 aromatic heterocycles. The summed E-state index contributed by atoms with van der Waals surface area (Å²) in [4.78, 5) is 24.0. The second-order valence-corrected chi connectivity index (χ2v) is 5.86. The largest absolute Gasteiger partial charge is 0.370 e. The van der Waals surface area contributed by atoms with E-state index in [0.29, 0.717) is 18.7 Å². The van der Waals surface area contributed by atoms with E-state index in [9.17, 15) is 9.59 Å². The molecule has 0 radical (unpaired) electrons. The Bertz CT molecular complexity index is 784. The standard InChI is InChI=1S/C17H20N2O3/c1-18-14(11-15(20)19(2)16(18)21)12-17(9-6-10-22-17)13-7-4-3-5-8-13/h3-5,7-8,11H,6,9-10,12H2,1-2H3. The maximum absolute atomic E-state index is 12.1. The van der Waals surface area contributed by atoms with Crippen molar-refractivity contribution < 1.29 is 4.74 Å². The lowest BCUT2D eigenvalue weighted by Crippen LogP contribution is -2.40. The zero-order chi connectivity index (χ0) is 15.7. The minimum Gasteiger partial charge on any atom is -0.370 e. The topological polar surface area (TPSA) is 53.2 Å². The number of benzene rings is 1. The molecule has 22 heavy (non-hydrogen) atoms. The first-order valence-electron chi connectivity index (χ1n) is 7.49. The highest BCUT2D eigenvalue weighted by Crippen LogP contribution is 2.38. The summed E-state index contributed by atoms with van der Waals surface area (Å²) in [5, 5.41) is 0. The molecule has 1 unspecified atom stereocenters. The molecule has 1 aliphatic heterocycles. The van der Waals surface area contributed by atoms with Gasteiger partial charge in [0.05, 0.1) is 5.60 Å². The molecule has 1 atom stereocenters. The minimum absolute atomic E-state index is 0.278. The summed E-state index contributed by atoms with van der Waals surface area (Å²) < 4.78 is 8.73. The van der Waals surface area contributed by atoms with Crippen LogP contribution in [-0.4, -0.2) is 15.7 Å². The van der Waals surface area contributed by atoms with Crippen molar-refractivity contribution >= 4 is 0 Å². The van der Waals surface area contributed by atoms with E-state index in [1.54, 1.807) is 7.05 Å². The molecule has 1 fully saturated rings. The van der Waals surface area contributed by atoms with Gasteiger partial charge in [-0.3, -0.25) is 9.36 Å². The fraction of sp³-hybridized carbons (Fsp3) is 0.412. The quantitative estimate of drug-likeness (QED) is 0.859. The molecule has 0 aliphatic carbocycles. The first-order chi connectivity index (χ1) is 10.5. The molecule has 5 heteroatoms. The van der Waals surface area contributed by atoms with Crippen molar-refractivity contribution in [3.63, 3.8) is 0 Å². The molecular weight excluding hydrogens is 280 g/mol. The van der Waals surface area contributed by atoms with E-state index in [1.165, 1.54) is 17.7 Å². The number of rotatable bonds is 3. The van der Waals surface area contributed by atoms with Crippen LogP contribution in [0.1, 0.15) is 24.1 Å². The Labute approximate surface area is 128 Å². The number of ether oxygens (including phenoxy) is 1. The summed E-state index contributed by atoms with van der Waals surface area (Å²) in [5.74, 6) is 0. The van der Waals surface area contributed by atoms with Crippen molar-refractivity contribution in [2.45, 2.75) is 24.9 Å². The minimum atomic E-state index is -0.447. The van der Waals surface area contributed by atoms with Gasteiger partial charge in [-0.05, 0) is 18.4 Å². The van der Waals surface area contributed by atoms with Crippen LogP contribution < -0.4 is 11.2 Å². The van der Waals surface area contributed by atoms with Crippen molar-refractivity contribution in [1.29, 1.82) is 0 Å². The highest BCUT2D eigenvalue weighted by atomic mass is 16.5. The molecule has 1 saturated heterocycles. The van der Waals surface area contributed by atoms with Gasteiger partial charge in [-0.2, -0.15) is 0 Å². The second-order valence-electron chi connectivity index (χ2n) is 5.86. The van der Waals surface area contributed by atoms with E-state index < -0.39 is 5.60 Å². The van der Waals surface area contributed by atoms with Gasteiger partial charge in [0, 0.05) is 38.9 Å². The Hall–Kier alpha value is -2.14. The molecule has 1 aromatic carbocycles. The smallest absolute Gasteiger partial charge is 0.330 e. The van der Waals surface area contributed by atoms with Gasteiger partial charge in [0.25, 0.3) is 5.56 Å². The molecular formula is C17H20N2O3. The SMILES string of the molecule is Cn1c(CC2(c3ccccc3)CCCO2)cc(=O)n(C)c1=O. The molecule has 0 amide bonds. The van der Waals surface area contributed by atoms with Gasteiger partial charge in [-0.1, -0.05) is 30.3 Å². The average Bonchev–Trinajstić information content (AvgIpc) is 3.01. The highest BCUT2D eigenvalue weighted by molar-refractivity contribution is 5.26. The molecule has 3 rings (SSSR count). The third kappa shape index (κ3) is 2.41. The second kappa shape index (κ2) is 5.57. The van der Waals surface area contributed by atoms with Crippen LogP contribution in [0.15, 0.2) is 46.0 Å². The monoisotopic (exact) mass is 300 g/mol. The normalized spacial score (nSPS) is 21.2. The number of hydrogen-bond donors (Lipinski definition) is 0. The summed E-state index contributed by atoms with van der Waals surface area (Å²) in [6, 6.07) is 11.6. The van der Waals surface area contributed by atoms with Crippen LogP contribution >= 0.6 is 0 Å². The third-order valence-corrected chi connectivity index (χ3v) is 4.50. The Balaban J connectivity index is 2.07. The zero-order valence-corrected chi connectivity index (χ0v) is 12.9. The van der Waals surface area contributed by atoms with E-state index in [0.717, 1.165) is 23.0 Å². The summed E-state index contributed by atoms with van der Waals surface area (Å²) in [5.41, 5.74) is 0.778. The first-order valence-corrected chi connectivity index (χ1v) is 7.49. The zero-order valence-electron chi connectivity index (χ0n) is 12.9. The lowest BCUT2D eigenvalue weighted by Gasteiger charge is -2.29. The number of hydrogen-bond acceptors (Lipinski definition) is 3. The van der Waals surface area contributed by atoms with E-state index >= 15 is 0 Å². The molecule has 2 heterocycles. The molecule has 5 nitrogen and oxygen atoms in total. The predicted molar refractivity (Wildman–Crippen MR) is 83.9 cm³/mol. The van der Waals surface area contributed by atoms with Gasteiger partial charge in [0.2, 0.25) is 0 Å². The lowest BCUT2D eigenvalue weighted by molar-refractivity contribution is -0.00116. The van der Waals surface area contributed by atoms with Gasteiger partial charge in [0.15, 0.2) is 0 Å². The van der Waals surface area contributed by atoms with E-state index in [-0.39, 0.29) is 11.2 Å². The van der Waals surface area contributed by atoms with E-state index in [2.05, 4.69) is 0 Å². The Morgan fingerprint density at radius 1 is 1.14 bits per heavy atom. The number of nitrogens with zero attached hydrogens (tertiary/aromatic N) is 2. The lowest BCUT2D eigenvalue weighted by atomic mass is 9.86. The van der Waals surface area contributed by atoms with Crippen LogP contribution in [0.2, 0.25) is 0 Å². The van der Waals surface area contributed by atoms with Crippen molar-refractivity contribution in [1.82, 2.24) is 9.13 Å². The predicted octanol–water partition coefficient (Wildman–Crippen LogP) is 1.33. The molecule has 0 N–H and O–H groups in total. The third-order valence-electron chi connectivity index (χ3n) is 4.50. The van der Waals surface area contributed by atoms with Crippen LogP contribution in [0.3, 0.4) is 0 Å². The molecule has 0 saturated carbocycles. The summed E-state index contributed by atoms with van der Waals surface area (Å²) in [6.07, 6.45) is 2.40. The van der Waals surface area contributed by atoms with Crippen molar-refractivity contribution in [2.24, 2.45) is 14.1 Å². The Morgan fingerprint density at radius 2 is 1.86 bits per heavy atom. The maximum atomic E-state index is 12.1. The fourth-order valence-corrected chi connectivity index (χ4v) is 3.15. The van der Waals surface area contributed by atoms with Crippen LogP contribution in [-0.2, 0) is 30.9 Å². The number of aromatic nitrogens is 2. The van der Waals surface area contributed by atoms with Crippen LogP contribution in [0.25, 0.3) is 0 Å². The van der Waals surface area contributed by atoms with Gasteiger partial charge in [0.1, 0.15) is 0 Å². The van der Waals surface area contributed by atoms with Gasteiger partial charge in [-0.15, -0.1) is 0 Å². The van der Waals surface area contributed by atoms with Crippen molar-refractivity contribution in [3.8, 4) is 0 Å². The molecule has 2 aromatic rings. The summed E-state index contributed by atoms with van der Waals surface area (Å²) in [6.45, 7) is 0.702. The summed E-state index contributed by atoms with van der Waals surface area (Å²) in [7, 11) is 3.19. The maximum Gasteiger partial charge on any atom is 0.330 e. The average molecular weight is 300 g/mol. The fourth-order valence-electron chi connectivity index (χ4n) is 3.15. The first kappa shape index (κ1) is 14.8. The van der Waals surface area contributed by atoms with E-state index in [4.69, 9.17) is 4.74 Å². The highest BCUT2D eigenvalue weighted by Gasteiger charge is 2.37. The summed E-state index contributed by atoms with van der Waals surface area (Å²) >= 11 is 0. The van der Waals surface area contributed by atoms with Crippen LogP contribution in [0.5, 0.6) is 0 Å². The Kier molecular flexibility index (Phi) is 3.74. The van der Waals surface area contributed by atoms with Gasteiger partial charge >= 0.3 is 5.69 Å². The molecule has 116 valence electrons. The molecule has 0 bridgehead atoms. The molecule has 1 aliphatic rings. The van der Waals surface area contributed by atoms with Crippen molar-refractivity contribution in [2.75, 3.05) is 6.61 Å². The van der Waals surface area contributed by atoms with E-state index in [1.807, 2.05) is 30.3 Å². The Morgan fingerprint density at radius 3 is 2.50 bits per heavy atom. The van der Waals surface area contributed by atoms with Crippen LogP contribution in [0, 0.1) is 0 Å².